The molecule has 2 aliphatic rings. The van der Waals surface area contributed by atoms with E-state index in [1.165, 1.54) is 6.07 Å². The zero-order valence-electron chi connectivity index (χ0n) is 10.9. The molecule has 1 fully saturated rings. The van der Waals surface area contributed by atoms with Crippen molar-refractivity contribution in [2.24, 2.45) is 0 Å². The number of aromatic hydroxyl groups is 2. The molecule has 1 spiro atoms. The van der Waals surface area contributed by atoms with Gasteiger partial charge in [0.05, 0.1) is 18.8 Å². The Morgan fingerprint density at radius 1 is 1.14 bits per heavy atom. The number of rotatable bonds is 1. The molecule has 0 saturated carbocycles. The van der Waals surface area contributed by atoms with Gasteiger partial charge in [-0.15, -0.1) is 0 Å². The largest absolute Gasteiger partial charge is 0.508 e. The van der Waals surface area contributed by atoms with Crippen molar-refractivity contribution < 1.29 is 40.1 Å². The van der Waals surface area contributed by atoms with Gasteiger partial charge in [-0.25, -0.2) is 0 Å². The second-order valence-corrected chi connectivity index (χ2v) is 5.22. The fourth-order valence-corrected chi connectivity index (χ4v) is 2.91. The molecule has 0 aliphatic carbocycles. The van der Waals surface area contributed by atoms with Gasteiger partial charge in [-0.05, 0) is 11.6 Å². The first-order valence-electron chi connectivity index (χ1n) is 6.43. The Hall–Kier alpha value is -1.42. The van der Waals surface area contributed by atoms with Crippen molar-refractivity contribution in [2.75, 3.05) is 6.61 Å². The molecule has 116 valence electrons. The van der Waals surface area contributed by atoms with Crippen molar-refractivity contribution in [3.63, 3.8) is 0 Å². The van der Waals surface area contributed by atoms with Crippen LogP contribution in [0.15, 0.2) is 12.1 Å². The number of phenols is 2. The van der Waals surface area contributed by atoms with Gasteiger partial charge in [0.25, 0.3) is 0 Å². The van der Waals surface area contributed by atoms with Gasteiger partial charge in [-0.2, -0.15) is 0 Å². The molecule has 3 rings (SSSR count). The Balaban J connectivity index is 2.11. The lowest BCUT2D eigenvalue weighted by Gasteiger charge is -2.46. The third-order valence-corrected chi connectivity index (χ3v) is 3.92. The number of hydrogen-bond donors (Lipinski definition) is 6. The molecule has 1 aromatic rings. The normalized spacial score (nSPS) is 38.7. The van der Waals surface area contributed by atoms with Crippen molar-refractivity contribution in [1.82, 2.24) is 0 Å². The minimum atomic E-state index is -1.90. The van der Waals surface area contributed by atoms with E-state index in [0.717, 1.165) is 6.07 Å². The summed E-state index contributed by atoms with van der Waals surface area (Å²) in [6.07, 6.45) is -5.99. The molecule has 2 heterocycles. The molecular weight excluding hydrogens is 284 g/mol. The highest BCUT2D eigenvalue weighted by Crippen LogP contribution is 2.50. The van der Waals surface area contributed by atoms with Crippen LogP contribution in [0, 0.1) is 0 Å². The molecular formula is C13H16O8. The van der Waals surface area contributed by atoms with Gasteiger partial charge < -0.3 is 40.1 Å². The SMILES string of the molecule is OC[C@H]1O[C@]2(OCc3cc(O)cc(O)c32)[C@H](O)[C@@H](O)[C@@H]1O. The Morgan fingerprint density at radius 2 is 1.86 bits per heavy atom. The fourth-order valence-electron chi connectivity index (χ4n) is 2.91. The summed E-state index contributed by atoms with van der Waals surface area (Å²) in [4.78, 5) is 0. The van der Waals surface area contributed by atoms with Gasteiger partial charge in [0.15, 0.2) is 0 Å². The van der Waals surface area contributed by atoms with E-state index in [1.807, 2.05) is 0 Å². The third kappa shape index (κ3) is 1.92. The minimum Gasteiger partial charge on any atom is -0.508 e. The van der Waals surface area contributed by atoms with Gasteiger partial charge in [0.2, 0.25) is 5.79 Å². The highest BCUT2D eigenvalue weighted by Gasteiger charge is 2.59. The van der Waals surface area contributed by atoms with E-state index in [0.29, 0.717) is 5.56 Å². The van der Waals surface area contributed by atoms with Gasteiger partial charge in [0, 0.05) is 6.07 Å². The molecule has 5 atom stereocenters. The van der Waals surface area contributed by atoms with E-state index in [-0.39, 0.29) is 23.7 Å². The quantitative estimate of drug-likeness (QED) is 0.359. The molecule has 6 N–H and O–H groups in total. The molecule has 1 saturated heterocycles. The van der Waals surface area contributed by atoms with Crippen LogP contribution in [0.1, 0.15) is 11.1 Å². The number of aliphatic hydroxyl groups is 4. The van der Waals surface area contributed by atoms with E-state index in [2.05, 4.69) is 0 Å². The first kappa shape index (κ1) is 14.5. The summed E-state index contributed by atoms with van der Waals surface area (Å²) in [5, 5.41) is 58.7. The number of aliphatic hydroxyl groups excluding tert-OH is 4. The minimum absolute atomic E-state index is 0.0669. The second kappa shape index (κ2) is 4.80. The predicted molar refractivity (Wildman–Crippen MR) is 66.2 cm³/mol. The van der Waals surface area contributed by atoms with Crippen molar-refractivity contribution in [1.29, 1.82) is 0 Å². The average molecular weight is 300 g/mol. The van der Waals surface area contributed by atoms with Crippen molar-refractivity contribution in [3.05, 3.63) is 23.3 Å². The van der Waals surface area contributed by atoms with Crippen molar-refractivity contribution in [3.8, 4) is 11.5 Å². The summed E-state index contributed by atoms with van der Waals surface area (Å²) in [5.41, 5.74) is 0.448. The summed E-state index contributed by atoms with van der Waals surface area (Å²) in [6.45, 7) is -0.681. The van der Waals surface area contributed by atoms with Crippen molar-refractivity contribution in [2.45, 2.75) is 36.8 Å². The maximum atomic E-state index is 10.2. The van der Waals surface area contributed by atoms with Crippen LogP contribution >= 0.6 is 0 Å². The first-order valence-corrected chi connectivity index (χ1v) is 6.43. The molecule has 0 aromatic heterocycles. The molecule has 8 heteroatoms. The zero-order valence-corrected chi connectivity index (χ0v) is 10.9. The van der Waals surface area contributed by atoms with Crippen LogP contribution < -0.4 is 0 Å². The van der Waals surface area contributed by atoms with Gasteiger partial charge in [0.1, 0.15) is 35.9 Å². The lowest BCUT2D eigenvalue weighted by molar-refractivity contribution is -0.368. The third-order valence-electron chi connectivity index (χ3n) is 3.92. The molecule has 1 aromatic carbocycles. The van der Waals surface area contributed by atoms with Crippen molar-refractivity contribution >= 4 is 0 Å². The van der Waals surface area contributed by atoms with E-state index < -0.39 is 36.8 Å². The smallest absolute Gasteiger partial charge is 0.229 e. The van der Waals surface area contributed by atoms with Crippen LogP contribution in [0.3, 0.4) is 0 Å². The van der Waals surface area contributed by atoms with E-state index in [1.54, 1.807) is 0 Å². The number of fused-ring (bicyclic) bond motifs is 2. The molecule has 8 nitrogen and oxygen atoms in total. The Morgan fingerprint density at radius 3 is 2.52 bits per heavy atom. The van der Waals surface area contributed by atoms with Crippen LogP contribution in [0.25, 0.3) is 0 Å². The van der Waals surface area contributed by atoms with Gasteiger partial charge >= 0.3 is 0 Å². The number of hydrogen-bond acceptors (Lipinski definition) is 8. The number of benzene rings is 1. The average Bonchev–Trinajstić information content (AvgIpc) is 2.80. The van der Waals surface area contributed by atoms with Crippen LogP contribution in [-0.4, -0.2) is 61.7 Å². The Kier molecular flexibility index (Phi) is 3.32. The lowest BCUT2D eigenvalue weighted by Crippen LogP contribution is -2.63. The van der Waals surface area contributed by atoms with Crippen LogP contribution in [0.5, 0.6) is 11.5 Å². The lowest BCUT2D eigenvalue weighted by atomic mass is 9.87. The summed E-state index contributed by atoms with van der Waals surface area (Å²) in [7, 11) is 0. The van der Waals surface area contributed by atoms with Crippen LogP contribution in [0.4, 0.5) is 0 Å². The summed E-state index contributed by atoms with van der Waals surface area (Å²) in [5.74, 6) is -2.46. The maximum Gasteiger partial charge on any atom is 0.229 e. The summed E-state index contributed by atoms with van der Waals surface area (Å²) < 4.78 is 10.9. The van der Waals surface area contributed by atoms with E-state index >= 15 is 0 Å². The Bertz CT molecular complexity index is 559. The topological polar surface area (TPSA) is 140 Å². The number of ether oxygens (including phenoxy) is 2. The highest BCUT2D eigenvalue weighted by molar-refractivity contribution is 5.50. The first-order chi connectivity index (χ1) is 9.90. The number of phenolic OH excluding ortho intramolecular Hbond substituents is 2. The molecule has 0 amide bonds. The standard InChI is InChI=1S/C13H16O8/c14-3-8-10(17)11(18)12(19)13(21-8)9-5(4-20-13)1-6(15)2-7(9)16/h1-2,8,10-12,14-19H,3-4H2/t8-,10-,11+,12-,13+/m1/s1. The maximum absolute atomic E-state index is 10.2. The predicted octanol–water partition coefficient (Wildman–Crippen LogP) is -1.75. The fraction of sp³-hybridized carbons (Fsp3) is 0.538. The molecule has 0 radical (unpaired) electrons. The van der Waals surface area contributed by atoms with E-state index in [9.17, 15) is 30.6 Å². The summed E-state index contributed by atoms with van der Waals surface area (Å²) in [6, 6.07) is 2.39. The summed E-state index contributed by atoms with van der Waals surface area (Å²) >= 11 is 0. The molecule has 21 heavy (non-hydrogen) atoms. The zero-order chi connectivity index (χ0) is 15.4. The monoisotopic (exact) mass is 300 g/mol. The van der Waals surface area contributed by atoms with Gasteiger partial charge in [-0.3, -0.25) is 0 Å². The van der Waals surface area contributed by atoms with E-state index in [4.69, 9.17) is 9.47 Å². The Labute approximate surface area is 119 Å². The second-order valence-electron chi connectivity index (χ2n) is 5.22. The molecule has 0 unspecified atom stereocenters. The van der Waals surface area contributed by atoms with Gasteiger partial charge in [-0.1, -0.05) is 0 Å². The van der Waals surface area contributed by atoms with Crippen LogP contribution in [0.2, 0.25) is 0 Å². The molecule has 0 bridgehead atoms. The highest BCUT2D eigenvalue weighted by atomic mass is 16.7. The van der Waals surface area contributed by atoms with Crippen LogP contribution in [-0.2, 0) is 21.9 Å². The molecule has 2 aliphatic heterocycles.